The first-order valence-electron chi connectivity index (χ1n) is 9.79. The molecule has 4 rings (SSSR count). The van der Waals surface area contributed by atoms with Crippen molar-refractivity contribution in [2.75, 3.05) is 13.1 Å². The van der Waals surface area contributed by atoms with Gasteiger partial charge < -0.3 is 5.32 Å². The van der Waals surface area contributed by atoms with Crippen LogP contribution in [0.25, 0.3) is 5.69 Å². The van der Waals surface area contributed by atoms with Crippen molar-refractivity contribution in [3.8, 4) is 5.69 Å². The van der Waals surface area contributed by atoms with Gasteiger partial charge in [-0.05, 0) is 65.2 Å². The molecule has 0 aliphatic carbocycles. The van der Waals surface area contributed by atoms with Gasteiger partial charge in [0.2, 0.25) is 15.9 Å². The second-order valence-electron chi connectivity index (χ2n) is 7.29. The minimum atomic E-state index is -3.74. The highest BCUT2D eigenvalue weighted by molar-refractivity contribution is 7.89. The Bertz CT molecular complexity index is 1130. The van der Waals surface area contributed by atoms with Gasteiger partial charge in [-0.15, -0.1) is 5.10 Å². The van der Waals surface area contributed by atoms with Crippen LogP contribution < -0.4 is 5.32 Å². The highest BCUT2D eigenvalue weighted by atomic mass is 32.2. The number of nitrogens with zero attached hydrogens (tertiary/aromatic N) is 5. The van der Waals surface area contributed by atoms with Gasteiger partial charge in [-0.3, -0.25) is 4.79 Å². The van der Waals surface area contributed by atoms with Crippen molar-refractivity contribution in [3.63, 3.8) is 0 Å². The lowest BCUT2D eigenvalue weighted by atomic mass is 9.99. The summed E-state index contributed by atoms with van der Waals surface area (Å²) >= 11 is 0. The first-order chi connectivity index (χ1) is 14.9. The van der Waals surface area contributed by atoms with Crippen molar-refractivity contribution < 1.29 is 17.6 Å². The number of aromatic nitrogens is 4. The second-order valence-corrected chi connectivity index (χ2v) is 9.23. The van der Waals surface area contributed by atoms with Crippen LogP contribution >= 0.6 is 0 Å². The Labute approximate surface area is 178 Å². The molecule has 31 heavy (non-hydrogen) atoms. The van der Waals surface area contributed by atoms with Crippen molar-refractivity contribution in [1.82, 2.24) is 29.8 Å². The molecule has 0 spiro atoms. The third-order valence-electron chi connectivity index (χ3n) is 5.22. The minimum absolute atomic E-state index is 0.117. The monoisotopic (exact) mass is 444 g/mol. The Morgan fingerprint density at radius 1 is 1.13 bits per heavy atom. The number of rotatable bonds is 6. The van der Waals surface area contributed by atoms with Crippen LogP contribution in [0.15, 0.2) is 59.8 Å². The van der Waals surface area contributed by atoms with Crippen molar-refractivity contribution in [1.29, 1.82) is 0 Å². The molecule has 2 heterocycles. The zero-order valence-corrected chi connectivity index (χ0v) is 17.4. The van der Waals surface area contributed by atoms with E-state index in [9.17, 15) is 17.6 Å². The zero-order chi connectivity index (χ0) is 21.8. The summed E-state index contributed by atoms with van der Waals surface area (Å²) in [5.74, 6) is -0.989. The fourth-order valence-corrected chi connectivity index (χ4v) is 5.03. The van der Waals surface area contributed by atoms with Crippen LogP contribution in [0, 0.1) is 11.7 Å². The lowest BCUT2D eigenvalue weighted by molar-refractivity contribution is -0.126. The molecule has 1 aromatic heterocycles. The molecule has 1 aliphatic rings. The summed E-state index contributed by atoms with van der Waals surface area (Å²) < 4.78 is 41.9. The van der Waals surface area contributed by atoms with Crippen LogP contribution in [0.4, 0.5) is 4.39 Å². The quantitative estimate of drug-likeness (QED) is 0.617. The summed E-state index contributed by atoms with van der Waals surface area (Å²) in [5, 5.41) is 13.7. The number of hydrogen-bond acceptors (Lipinski definition) is 6. The van der Waals surface area contributed by atoms with Crippen molar-refractivity contribution in [3.05, 3.63) is 66.2 Å². The maximum absolute atomic E-state index is 13.1. The number of halogens is 1. The van der Waals surface area contributed by atoms with E-state index < -0.39 is 15.9 Å². The highest BCUT2D eigenvalue weighted by Crippen LogP contribution is 2.24. The average molecular weight is 444 g/mol. The summed E-state index contributed by atoms with van der Waals surface area (Å²) in [7, 11) is -3.74. The van der Waals surface area contributed by atoms with E-state index in [1.165, 1.54) is 39.6 Å². The Kier molecular flexibility index (Phi) is 6.05. The molecule has 162 valence electrons. The summed E-state index contributed by atoms with van der Waals surface area (Å²) in [6.07, 6.45) is 2.62. The van der Waals surface area contributed by atoms with Gasteiger partial charge in [-0.25, -0.2) is 17.5 Å². The van der Waals surface area contributed by atoms with Gasteiger partial charge in [0.05, 0.1) is 16.5 Å². The smallest absolute Gasteiger partial charge is 0.243 e. The minimum Gasteiger partial charge on any atom is -0.352 e. The first-order valence-corrected chi connectivity index (χ1v) is 11.2. The maximum atomic E-state index is 13.1. The van der Waals surface area contributed by atoms with E-state index in [2.05, 4.69) is 20.8 Å². The Hall–Kier alpha value is -3.18. The number of carbonyl (C=O) groups is 1. The number of hydrogen-bond donors (Lipinski definition) is 1. The van der Waals surface area contributed by atoms with Gasteiger partial charge in [0.15, 0.2) is 0 Å². The SMILES string of the molecule is O=C(NCc1ccc(F)cc1)[C@@H]1CCCN(S(=O)(=O)c2ccc(-n3cnnn3)cc2)C1. The van der Waals surface area contributed by atoms with Crippen LogP contribution in [0.5, 0.6) is 0 Å². The van der Waals surface area contributed by atoms with Gasteiger partial charge in [0.1, 0.15) is 12.1 Å². The van der Waals surface area contributed by atoms with Crippen molar-refractivity contribution in [2.24, 2.45) is 5.92 Å². The van der Waals surface area contributed by atoms with Gasteiger partial charge in [-0.1, -0.05) is 12.1 Å². The molecule has 0 radical (unpaired) electrons. The number of tetrazole rings is 1. The molecule has 1 aliphatic heterocycles. The number of nitrogens with one attached hydrogen (secondary N) is 1. The fraction of sp³-hybridized carbons (Fsp3) is 0.300. The lowest BCUT2D eigenvalue weighted by Crippen LogP contribution is -2.45. The molecule has 9 nitrogen and oxygen atoms in total. The summed E-state index contributed by atoms with van der Waals surface area (Å²) in [4.78, 5) is 12.7. The fourth-order valence-electron chi connectivity index (χ4n) is 3.51. The van der Waals surface area contributed by atoms with Gasteiger partial charge in [-0.2, -0.15) is 4.31 Å². The Balaban J connectivity index is 1.40. The molecule has 1 amide bonds. The molecule has 11 heteroatoms. The molecule has 1 N–H and O–H groups in total. The van der Waals surface area contributed by atoms with Crippen LogP contribution in [0.2, 0.25) is 0 Å². The molecule has 1 fully saturated rings. The number of piperidine rings is 1. The third kappa shape index (κ3) is 4.78. The van der Waals surface area contributed by atoms with E-state index in [1.807, 2.05) is 0 Å². The molecule has 1 saturated heterocycles. The number of carbonyl (C=O) groups excluding carboxylic acids is 1. The largest absolute Gasteiger partial charge is 0.352 e. The van der Waals surface area contributed by atoms with Gasteiger partial charge in [0.25, 0.3) is 0 Å². The van der Waals surface area contributed by atoms with Gasteiger partial charge >= 0.3 is 0 Å². The highest BCUT2D eigenvalue weighted by Gasteiger charge is 2.33. The molecule has 1 atom stereocenters. The predicted molar refractivity (Wildman–Crippen MR) is 109 cm³/mol. The number of sulfonamides is 1. The summed E-state index contributed by atoms with van der Waals surface area (Å²) in [5.41, 5.74) is 1.42. The lowest BCUT2D eigenvalue weighted by Gasteiger charge is -2.31. The molecular weight excluding hydrogens is 423 g/mol. The molecule has 3 aromatic rings. The van der Waals surface area contributed by atoms with E-state index in [0.717, 1.165) is 5.56 Å². The van der Waals surface area contributed by atoms with E-state index in [0.29, 0.717) is 25.1 Å². The first kappa shape index (κ1) is 21.1. The predicted octanol–water partition coefficient (Wildman–Crippen LogP) is 1.52. The number of benzene rings is 2. The molecule has 0 unspecified atom stereocenters. The van der Waals surface area contributed by atoms with E-state index in [1.54, 1.807) is 24.3 Å². The Morgan fingerprint density at radius 3 is 2.55 bits per heavy atom. The topological polar surface area (TPSA) is 110 Å². The molecular formula is C20H21FN6O3S. The van der Waals surface area contributed by atoms with Crippen molar-refractivity contribution in [2.45, 2.75) is 24.3 Å². The molecule has 0 saturated carbocycles. The average Bonchev–Trinajstić information content (AvgIpc) is 3.34. The van der Waals surface area contributed by atoms with Crippen molar-refractivity contribution >= 4 is 15.9 Å². The third-order valence-corrected chi connectivity index (χ3v) is 7.10. The summed E-state index contributed by atoms with van der Waals surface area (Å²) in [6.45, 7) is 0.742. The van der Waals surface area contributed by atoms with E-state index in [4.69, 9.17) is 0 Å². The molecule has 0 bridgehead atoms. The van der Waals surface area contributed by atoms with E-state index >= 15 is 0 Å². The van der Waals surface area contributed by atoms with Crippen LogP contribution in [-0.4, -0.2) is 51.9 Å². The molecule has 2 aromatic carbocycles. The van der Waals surface area contributed by atoms with Crippen LogP contribution in [0.3, 0.4) is 0 Å². The zero-order valence-electron chi connectivity index (χ0n) is 16.6. The van der Waals surface area contributed by atoms with Crippen LogP contribution in [0.1, 0.15) is 18.4 Å². The maximum Gasteiger partial charge on any atom is 0.243 e. The van der Waals surface area contributed by atoms with Gasteiger partial charge in [0, 0.05) is 19.6 Å². The second kappa shape index (κ2) is 8.90. The van der Waals surface area contributed by atoms with E-state index in [-0.39, 0.29) is 29.7 Å². The normalized spacial score (nSPS) is 17.4. The standard InChI is InChI=1S/C20H21FN6O3S/c21-17-5-3-15(4-6-17)12-22-20(28)16-2-1-11-26(13-16)31(29,30)19-9-7-18(8-10-19)27-14-23-24-25-27/h3-10,14,16H,1-2,11-13H2,(H,22,28)/t16-/m1/s1. The summed E-state index contributed by atoms with van der Waals surface area (Å²) in [6, 6.07) is 12.1. The van der Waals surface area contributed by atoms with Crippen LogP contribution in [-0.2, 0) is 21.4 Å². The number of amides is 1. The Morgan fingerprint density at radius 2 is 1.87 bits per heavy atom.